The number of imidazole rings is 1. The Kier molecular flexibility index (Phi) is 8.05. The van der Waals surface area contributed by atoms with E-state index in [1.807, 2.05) is 62.4 Å². The Balaban J connectivity index is 1.64. The van der Waals surface area contributed by atoms with Crippen LogP contribution in [-0.2, 0) is 32.3 Å². The van der Waals surface area contributed by atoms with E-state index in [-0.39, 0.29) is 40.5 Å². The van der Waals surface area contributed by atoms with Crippen LogP contribution in [0.4, 0.5) is 0 Å². The number of ether oxygens (including phenoxy) is 2. The summed E-state index contributed by atoms with van der Waals surface area (Å²) in [5, 5.41) is 3.26. The number of hydrogen-bond donors (Lipinski definition) is 2. The van der Waals surface area contributed by atoms with E-state index in [2.05, 4.69) is 15.3 Å². The zero-order valence-corrected chi connectivity index (χ0v) is 22.5. The first-order valence-electron chi connectivity index (χ1n) is 11.7. The molecule has 0 radical (unpaired) electrons. The second kappa shape index (κ2) is 11.2. The third-order valence-electron chi connectivity index (χ3n) is 6.09. The van der Waals surface area contributed by atoms with Gasteiger partial charge < -0.3 is 19.8 Å². The number of esters is 2. The molecular formula is C28H27Cl2N3O4. The van der Waals surface area contributed by atoms with Crippen molar-refractivity contribution in [2.24, 2.45) is 0 Å². The molecule has 2 N–H and O–H groups in total. The number of nitrogens with zero attached hydrogens (tertiary/aromatic N) is 1. The fourth-order valence-electron chi connectivity index (χ4n) is 4.11. The Labute approximate surface area is 225 Å². The molecule has 2 aromatic carbocycles. The molecule has 0 aliphatic carbocycles. The van der Waals surface area contributed by atoms with Crippen molar-refractivity contribution in [3.05, 3.63) is 109 Å². The van der Waals surface area contributed by atoms with Gasteiger partial charge in [-0.3, -0.25) is 0 Å². The minimum Gasteiger partial charge on any atom is -0.457 e. The molecule has 0 bridgehead atoms. The molecular weight excluding hydrogens is 513 g/mol. The maximum Gasteiger partial charge on any atom is 0.337 e. The Morgan fingerprint density at radius 3 is 1.59 bits per heavy atom. The van der Waals surface area contributed by atoms with Crippen LogP contribution < -0.4 is 5.32 Å². The number of aryl methyl sites for hydroxylation is 2. The van der Waals surface area contributed by atoms with Gasteiger partial charge in [0, 0.05) is 11.4 Å². The zero-order valence-electron chi connectivity index (χ0n) is 20.9. The van der Waals surface area contributed by atoms with Crippen LogP contribution in [-0.4, -0.2) is 21.9 Å². The monoisotopic (exact) mass is 539 g/mol. The highest BCUT2D eigenvalue weighted by Gasteiger charge is 2.40. The van der Waals surface area contributed by atoms with Crippen molar-refractivity contribution in [1.29, 1.82) is 0 Å². The highest BCUT2D eigenvalue weighted by Crippen LogP contribution is 2.39. The van der Waals surface area contributed by atoms with Crippen LogP contribution in [0.3, 0.4) is 0 Å². The highest BCUT2D eigenvalue weighted by molar-refractivity contribution is 6.40. The Morgan fingerprint density at radius 2 is 1.22 bits per heavy atom. The SMILES string of the molecule is CC1=C(C(=O)OCc2ccc(C)cc2)C(c2nc(Cl)c(Cl)[nH]2)C(C(=O)OCc2ccc(C)cc2)=C(C)N1. The van der Waals surface area contributed by atoms with Gasteiger partial charge in [0.2, 0.25) is 0 Å². The number of dihydropyridines is 1. The Hall–Kier alpha value is -3.55. The average Bonchev–Trinajstić information content (AvgIpc) is 3.20. The number of aromatic nitrogens is 2. The fraction of sp³-hybridized carbons (Fsp3) is 0.250. The molecule has 0 saturated carbocycles. The number of halogens is 2. The number of hydrogen-bond acceptors (Lipinski definition) is 6. The molecule has 37 heavy (non-hydrogen) atoms. The molecule has 4 rings (SSSR count). The standard InChI is InChI=1S/C28H27Cl2N3O4/c1-15-5-9-19(10-6-15)13-36-27(34)21-17(3)31-18(4)22(23(21)26-32-24(29)25(30)33-26)28(35)37-14-20-11-7-16(2)8-12-20/h5-12,23,31H,13-14H2,1-4H3,(H,32,33). The van der Waals surface area contributed by atoms with E-state index in [0.29, 0.717) is 11.4 Å². The van der Waals surface area contributed by atoms with Gasteiger partial charge in [0.15, 0.2) is 5.15 Å². The minimum atomic E-state index is -0.928. The van der Waals surface area contributed by atoms with Gasteiger partial charge in [0.25, 0.3) is 0 Å². The van der Waals surface area contributed by atoms with E-state index in [1.165, 1.54) is 0 Å². The molecule has 192 valence electrons. The predicted octanol–water partition coefficient (Wildman–Crippen LogP) is 6.05. The lowest BCUT2D eigenvalue weighted by Crippen LogP contribution is -2.33. The van der Waals surface area contributed by atoms with Gasteiger partial charge in [0.05, 0.1) is 17.1 Å². The van der Waals surface area contributed by atoms with Crippen LogP contribution in [0.25, 0.3) is 0 Å². The first-order valence-corrected chi connectivity index (χ1v) is 12.4. The van der Waals surface area contributed by atoms with Crippen LogP contribution in [0.15, 0.2) is 71.1 Å². The molecule has 0 unspecified atom stereocenters. The molecule has 0 saturated heterocycles. The van der Waals surface area contributed by atoms with Crippen molar-refractivity contribution < 1.29 is 19.1 Å². The summed E-state index contributed by atoms with van der Waals surface area (Å²) in [5.74, 6) is -1.90. The summed E-state index contributed by atoms with van der Waals surface area (Å²) in [6.45, 7) is 7.57. The van der Waals surface area contributed by atoms with Crippen LogP contribution in [0, 0.1) is 13.8 Å². The van der Waals surface area contributed by atoms with Crippen molar-refractivity contribution in [3.8, 4) is 0 Å². The lowest BCUT2D eigenvalue weighted by atomic mass is 9.84. The summed E-state index contributed by atoms with van der Waals surface area (Å²) < 4.78 is 11.3. The second-order valence-corrected chi connectivity index (χ2v) is 9.72. The number of rotatable bonds is 7. The van der Waals surface area contributed by atoms with Crippen LogP contribution >= 0.6 is 23.2 Å². The molecule has 3 aromatic rings. The molecule has 9 heteroatoms. The summed E-state index contributed by atoms with van der Waals surface area (Å²) >= 11 is 12.3. The van der Waals surface area contributed by atoms with Crippen LogP contribution in [0.5, 0.6) is 0 Å². The number of allylic oxidation sites excluding steroid dienone is 2. The summed E-state index contributed by atoms with van der Waals surface area (Å²) in [4.78, 5) is 34.0. The third kappa shape index (κ3) is 6.06. The van der Waals surface area contributed by atoms with E-state index in [0.717, 1.165) is 22.3 Å². The van der Waals surface area contributed by atoms with E-state index in [1.54, 1.807) is 13.8 Å². The second-order valence-electron chi connectivity index (χ2n) is 8.99. The molecule has 0 atom stereocenters. The number of H-pyrrole nitrogens is 1. The third-order valence-corrected chi connectivity index (χ3v) is 6.74. The lowest BCUT2D eigenvalue weighted by molar-refractivity contribution is -0.141. The summed E-state index contributed by atoms with van der Waals surface area (Å²) in [5.41, 5.74) is 5.35. The Bertz CT molecular complexity index is 1290. The van der Waals surface area contributed by atoms with Crippen molar-refractivity contribution in [2.45, 2.75) is 46.8 Å². The number of carbonyl (C=O) groups excluding carboxylic acids is 2. The average molecular weight is 540 g/mol. The van der Waals surface area contributed by atoms with Gasteiger partial charge in [-0.15, -0.1) is 0 Å². The quantitative estimate of drug-likeness (QED) is 0.354. The zero-order chi connectivity index (χ0) is 26.7. The molecule has 7 nitrogen and oxygen atoms in total. The van der Waals surface area contributed by atoms with Crippen molar-refractivity contribution in [1.82, 2.24) is 15.3 Å². The van der Waals surface area contributed by atoms with Crippen molar-refractivity contribution in [2.75, 3.05) is 0 Å². The topological polar surface area (TPSA) is 93.3 Å². The first-order chi connectivity index (χ1) is 17.6. The van der Waals surface area contributed by atoms with E-state index >= 15 is 0 Å². The minimum absolute atomic E-state index is 0.0326. The van der Waals surface area contributed by atoms with E-state index < -0.39 is 17.9 Å². The highest BCUT2D eigenvalue weighted by atomic mass is 35.5. The largest absolute Gasteiger partial charge is 0.457 e. The molecule has 0 amide bonds. The smallest absolute Gasteiger partial charge is 0.337 e. The molecule has 0 spiro atoms. The first kappa shape index (κ1) is 26.5. The van der Waals surface area contributed by atoms with Crippen LogP contribution in [0.1, 0.15) is 47.8 Å². The van der Waals surface area contributed by atoms with Gasteiger partial charge in [-0.05, 0) is 38.8 Å². The number of aromatic amines is 1. The molecule has 1 aliphatic heterocycles. The predicted molar refractivity (Wildman–Crippen MR) is 142 cm³/mol. The van der Waals surface area contributed by atoms with Gasteiger partial charge in [-0.1, -0.05) is 82.9 Å². The number of carbonyl (C=O) groups is 2. The fourth-order valence-corrected chi connectivity index (χ4v) is 4.39. The van der Waals surface area contributed by atoms with Crippen molar-refractivity contribution >= 4 is 35.1 Å². The van der Waals surface area contributed by atoms with Gasteiger partial charge >= 0.3 is 11.9 Å². The summed E-state index contributed by atoms with van der Waals surface area (Å²) in [6.07, 6.45) is 0. The van der Waals surface area contributed by atoms with Gasteiger partial charge in [-0.25, -0.2) is 14.6 Å². The van der Waals surface area contributed by atoms with E-state index in [4.69, 9.17) is 32.7 Å². The number of nitrogens with one attached hydrogen (secondary N) is 2. The normalized spacial score (nSPS) is 14.0. The molecule has 1 aliphatic rings. The van der Waals surface area contributed by atoms with Gasteiger partial charge in [-0.2, -0.15) is 0 Å². The maximum atomic E-state index is 13.4. The van der Waals surface area contributed by atoms with E-state index in [9.17, 15) is 9.59 Å². The maximum absolute atomic E-state index is 13.4. The molecule has 2 heterocycles. The van der Waals surface area contributed by atoms with Crippen molar-refractivity contribution in [3.63, 3.8) is 0 Å². The van der Waals surface area contributed by atoms with Gasteiger partial charge in [0.1, 0.15) is 24.2 Å². The molecule has 1 aromatic heterocycles. The summed E-state index contributed by atoms with van der Waals surface area (Å²) in [6, 6.07) is 15.4. The lowest BCUT2D eigenvalue weighted by Gasteiger charge is -2.29. The van der Waals surface area contributed by atoms with Crippen LogP contribution in [0.2, 0.25) is 10.3 Å². The molecule has 0 fully saturated rings. The Morgan fingerprint density at radius 1 is 0.784 bits per heavy atom. The summed E-state index contributed by atoms with van der Waals surface area (Å²) in [7, 11) is 0. The number of benzene rings is 2.